The van der Waals surface area contributed by atoms with Gasteiger partial charge in [0.2, 0.25) is 0 Å². The zero-order valence-electron chi connectivity index (χ0n) is 12.2. The molecule has 1 atom stereocenters. The summed E-state index contributed by atoms with van der Waals surface area (Å²) < 4.78 is 1.10. The molecule has 0 fully saturated rings. The fourth-order valence-electron chi connectivity index (χ4n) is 2.78. The Bertz CT molecular complexity index is 808. The quantitative estimate of drug-likeness (QED) is 0.676. The lowest BCUT2D eigenvalue weighted by atomic mass is 9.93. The lowest BCUT2D eigenvalue weighted by Gasteiger charge is -2.16. The molecule has 0 amide bonds. The van der Waals surface area contributed by atoms with Gasteiger partial charge in [-0.2, -0.15) is 0 Å². The van der Waals surface area contributed by atoms with Gasteiger partial charge in [-0.3, -0.25) is 0 Å². The van der Waals surface area contributed by atoms with Crippen LogP contribution in [0.25, 0.3) is 10.8 Å². The van der Waals surface area contributed by atoms with E-state index >= 15 is 0 Å². The third kappa shape index (κ3) is 2.87. The highest BCUT2D eigenvalue weighted by atomic mass is 79.9. The fraction of sp³-hybridized carbons (Fsp3) is 0.158. The summed E-state index contributed by atoms with van der Waals surface area (Å²) in [6.07, 6.45) is 0. The second kappa shape index (κ2) is 5.63. The Morgan fingerprint density at radius 1 is 0.857 bits per heavy atom. The zero-order chi connectivity index (χ0) is 15.0. The van der Waals surface area contributed by atoms with Crippen LogP contribution in [-0.4, -0.2) is 0 Å². The van der Waals surface area contributed by atoms with E-state index in [-0.39, 0.29) is 6.04 Å². The van der Waals surface area contributed by atoms with Crippen LogP contribution in [0.15, 0.2) is 59.1 Å². The van der Waals surface area contributed by atoms with E-state index in [1.807, 2.05) is 0 Å². The number of hydrogen-bond acceptors (Lipinski definition) is 1. The Labute approximate surface area is 133 Å². The summed E-state index contributed by atoms with van der Waals surface area (Å²) in [5, 5.41) is 2.44. The van der Waals surface area contributed by atoms with Crippen molar-refractivity contribution in [3.63, 3.8) is 0 Å². The van der Waals surface area contributed by atoms with E-state index in [4.69, 9.17) is 5.73 Å². The maximum atomic E-state index is 6.48. The molecule has 0 heterocycles. The highest BCUT2D eigenvalue weighted by Gasteiger charge is 2.12. The third-order valence-corrected chi connectivity index (χ3v) is 4.44. The van der Waals surface area contributed by atoms with E-state index in [1.165, 1.54) is 27.5 Å². The van der Waals surface area contributed by atoms with E-state index in [9.17, 15) is 0 Å². The van der Waals surface area contributed by atoms with Gasteiger partial charge in [-0.15, -0.1) is 0 Å². The Balaban J connectivity index is 2.04. The molecule has 2 N–H and O–H groups in total. The summed E-state index contributed by atoms with van der Waals surface area (Å²) in [5.41, 5.74) is 11.3. The van der Waals surface area contributed by atoms with Gasteiger partial charge in [0.1, 0.15) is 0 Å². The van der Waals surface area contributed by atoms with E-state index in [0.29, 0.717) is 0 Å². The minimum absolute atomic E-state index is 0.0846. The normalized spacial score (nSPS) is 12.6. The van der Waals surface area contributed by atoms with Crippen molar-refractivity contribution < 1.29 is 0 Å². The lowest BCUT2D eigenvalue weighted by molar-refractivity contribution is 0.862. The number of fused-ring (bicyclic) bond motifs is 1. The second-order valence-electron chi connectivity index (χ2n) is 5.59. The summed E-state index contributed by atoms with van der Waals surface area (Å²) in [5.74, 6) is 0. The van der Waals surface area contributed by atoms with Crippen LogP contribution < -0.4 is 5.73 Å². The second-order valence-corrected chi connectivity index (χ2v) is 6.50. The molecule has 3 aromatic carbocycles. The molecule has 0 saturated heterocycles. The standard InChI is InChI=1S/C19H18BrN/c1-12-3-8-18(13(2)9-12)19(21)16-5-4-15-11-17(20)7-6-14(15)10-16/h3-11,19H,21H2,1-2H3. The zero-order valence-corrected chi connectivity index (χ0v) is 13.8. The first-order valence-electron chi connectivity index (χ1n) is 7.06. The summed E-state index contributed by atoms with van der Waals surface area (Å²) >= 11 is 3.51. The average molecular weight is 340 g/mol. The first-order valence-corrected chi connectivity index (χ1v) is 7.86. The Kier molecular flexibility index (Phi) is 3.83. The summed E-state index contributed by atoms with van der Waals surface area (Å²) in [6.45, 7) is 4.23. The van der Waals surface area contributed by atoms with Crippen LogP contribution in [0.4, 0.5) is 0 Å². The third-order valence-electron chi connectivity index (χ3n) is 3.95. The largest absolute Gasteiger partial charge is 0.320 e. The van der Waals surface area contributed by atoms with Crippen LogP contribution in [0, 0.1) is 13.8 Å². The molecule has 0 aliphatic heterocycles. The predicted octanol–water partition coefficient (Wildman–Crippen LogP) is 5.27. The van der Waals surface area contributed by atoms with Crippen molar-refractivity contribution in [2.45, 2.75) is 19.9 Å². The summed E-state index contributed by atoms with van der Waals surface area (Å²) in [4.78, 5) is 0. The molecule has 2 heteroatoms. The molecule has 3 aromatic rings. The SMILES string of the molecule is Cc1ccc(C(N)c2ccc3cc(Br)ccc3c2)c(C)c1. The molecule has 0 spiro atoms. The van der Waals surface area contributed by atoms with Gasteiger partial charge in [-0.1, -0.05) is 57.9 Å². The van der Waals surface area contributed by atoms with Crippen LogP contribution in [0.1, 0.15) is 28.3 Å². The van der Waals surface area contributed by atoms with Crippen LogP contribution in [0.2, 0.25) is 0 Å². The maximum Gasteiger partial charge on any atom is 0.0554 e. The minimum atomic E-state index is -0.0846. The van der Waals surface area contributed by atoms with Gasteiger partial charge in [0.15, 0.2) is 0 Å². The molecular formula is C19H18BrN. The number of nitrogens with two attached hydrogens (primary N) is 1. The van der Waals surface area contributed by atoms with E-state index in [0.717, 1.165) is 10.0 Å². The smallest absolute Gasteiger partial charge is 0.0554 e. The molecule has 0 radical (unpaired) electrons. The van der Waals surface area contributed by atoms with Crippen LogP contribution in [0.3, 0.4) is 0 Å². The summed E-state index contributed by atoms with van der Waals surface area (Å²) in [7, 11) is 0. The van der Waals surface area contributed by atoms with Crippen molar-refractivity contribution in [2.75, 3.05) is 0 Å². The molecule has 0 aliphatic carbocycles. The number of hydrogen-bond donors (Lipinski definition) is 1. The monoisotopic (exact) mass is 339 g/mol. The molecular weight excluding hydrogens is 322 g/mol. The average Bonchev–Trinajstić information content (AvgIpc) is 2.46. The highest BCUT2D eigenvalue weighted by molar-refractivity contribution is 9.10. The number of halogens is 1. The first kappa shape index (κ1) is 14.3. The highest BCUT2D eigenvalue weighted by Crippen LogP contribution is 2.27. The topological polar surface area (TPSA) is 26.0 Å². The molecule has 21 heavy (non-hydrogen) atoms. The van der Waals surface area contributed by atoms with Gasteiger partial charge in [0, 0.05) is 4.47 Å². The molecule has 0 aromatic heterocycles. The minimum Gasteiger partial charge on any atom is -0.320 e. The molecule has 1 unspecified atom stereocenters. The molecule has 0 aliphatic rings. The molecule has 1 nitrogen and oxygen atoms in total. The van der Waals surface area contributed by atoms with Gasteiger partial charge in [0.05, 0.1) is 6.04 Å². The Morgan fingerprint density at radius 3 is 2.33 bits per heavy atom. The number of rotatable bonds is 2. The van der Waals surface area contributed by atoms with Crippen molar-refractivity contribution in [1.29, 1.82) is 0 Å². The maximum absolute atomic E-state index is 6.48. The van der Waals surface area contributed by atoms with Gasteiger partial charge < -0.3 is 5.73 Å². The molecule has 0 bridgehead atoms. The van der Waals surface area contributed by atoms with E-state index in [2.05, 4.69) is 84.4 Å². The Morgan fingerprint density at radius 2 is 1.57 bits per heavy atom. The van der Waals surface area contributed by atoms with Gasteiger partial charge in [-0.05, 0) is 59.5 Å². The molecule has 106 valence electrons. The first-order chi connectivity index (χ1) is 10.0. The molecule has 0 saturated carbocycles. The van der Waals surface area contributed by atoms with Crippen molar-refractivity contribution in [2.24, 2.45) is 5.73 Å². The lowest BCUT2D eigenvalue weighted by Crippen LogP contribution is -2.13. The van der Waals surface area contributed by atoms with Gasteiger partial charge in [-0.25, -0.2) is 0 Å². The fourth-order valence-corrected chi connectivity index (χ4v) is 3.16. The van der Waals surface area contributed by atoms with Crippen LogP contribution >= 0.6 is 15.9 Å². The van der Waals surface area contributed by atoms with Gasteiger partial charge >= 0.3 is 0 Å². The van der Waals surface area contributed by atoms with Crippen molar-refractivity contribution >= 4 is 26.7 Å². The summed E-state index contributed by atoms with van der Waals surface area (Å²) in [6, 6.07) is 19.1. The number of benzene rings is 3. The predicted molar refractivity (Wildman–Crippen MR) is 93.6 cm³/mol. The van der Waals surface area contributed by atoms with Crippen LogP contribution in [0.5, 0.6) is 0 Å². The van der Waals surface area contributed by atoms with Crippen LogP contribution in [-0.2, 0) is 0 Å². The van der Waals surface area contributed by atoms with Gasteiger partial charge in [0.25, 0.3) is 0 Å². The molecule has 3 rings (SSSR count). The van der Waals surface area contributed by atoms with Crippen molar-refractivity contribution in [1.82, 2.24) is 0 Å². The van der Waals surface area contributed by atoms with E-state index in [1.54, 1.807) is 0 Å². The number of aryl methyl sites for hydroxylation is 2. The van der Waals surface area contributed by atoms with E-state index < -0.39 is 0 Å². The van der Waals surface area contributed by atoms with Crippen molar-refractivity contribution in [3.8, 4) is 0 Å². The van der Waals surface area contributed by atoms with Crippen molar-refractivity contribution in [3.05, 3.63) is 81.3 Å². The Hall–Kier alpha value is -1.64.